The van der Waals surface area contributed by atoms with Crippen molar-refractivity contribution in [1.82, 2.24) is 15.1 Å². The first kappa shape index (κ1) is 14.2. The maximum absolute atomic E-state index is 4.61. The van der Waals surface area contributed by atoms with E-state index in [-0.39, 0.29) is 5.41 Å². The SMILES string of the molecule is CCCNCC(C)(C)Cc1ccn(C(C)C)n1. The Hall–Kier alpha value is -0.830. The third-order valence-electron chi connectivity index (χ3n) is 2.88. The standard InChI is InChI=1S/C14H27N3/c1-6-8-15-11-14(4,5)10-13-7-9-17(16-13)12(2)3/h7,9,12,15H,6,8,10-11H2,1-5H3. The predicted octanol–water partition coefficient (Wildman–Crippen LogP) is 3.03. The highest BCUT2D eigenvalue weighted by Crippen LogP contribution is 2.20. The molecule has 98 valence electrons. The molecule has 3 nitrogen and oxygen atoms in total. The lowest BCUT2D eigenvalue weighted by Crippen LogP contribution is -2.31. The maximum Gasteiger partial charge on any atom is 0.0630 e. The summed E-state index contributed by atoms with van der Waals surface area (Å²) in [5, 5.41) is 8.10. The zero-order chi connectivity index (χ0) is 12.9. The van der Waals surface area contributed by atoms with Crippen LogP contribution in [0.25, 0.3) is 0 Å². The predicted molar refractivity (Wildman–Crippen MR) is 73.3 cm³/mol. The summed E-state index contributed by atoms with van der Waals surface area (Å²) in [5.74, 6) is 0. The molecule has 0 aliphatic rings. The Morgan fingerprint density at radius 2 is 2.12 bits per heavy atom. The Balaban J connectivity index is 2.50. The molecule has 0 saturated heterocycles. The molecule has 0 aliphatic heterocycles. The first-order chi connectivity index (χ1) is 7.94. The summed E-state index contributed by atoms with van der Waals surface area (Å²) in [7, 11) is 0. The second-order valence-electron chi connectivity index (χ2n) is 5.90. The summed E-state index contributed by atoms with van der Waals surface area (Å²) in [6.07, 6.45) is 4.30. The molecular formula is C14H27N3. The summed E-state index contributed by atoms with van der Waals surface area (Å²) in [5.41, 5.74) is 1.47. The van der Waals surface area contributed by atoms with Gasteiger partial charge in [0.05, 0.1) is 5.69 Å². The van der Waals surface area contributed by atoms with E-state index < -0.39 is 0 Å². The number of rotatable bonds is 7. The smallest absolute Gasteiger partial charge is 0.0630 e. The topological polar surface area (TPSA) is 29.9 Å². The minimum Gasteiger partial charge on any atom is -0.316 e. The van der Waals surface area contributed by atoms with E-state index in [4.69, 9.17) is 0 Å². The molecule has 1 aromatic heterocycles. The molecule has 0 bridgehead atoms. The molecule has 1 N–H and O–H groups in total. The normalized spacial score (nSPS) is 12.4. The molecule has 0 saturated carbocycles. The van der Waals surface area contributed by atoms with Crippen molar-refractivity contribution in [2.45, 2.75) is 53.5 Å². The van der Waals surface area contributed by atoms with E-state index in [1.165, 1.54) is 12.1 Å². The van der Waals surface area contributed by atoms with E-state index in [2.05, 4.69) is 57.3 Å². The van der Waals surface area contributed by atoms with Crippen molar-refractivity contribution in [2.24, 2.45) is 5.41 Å². The van der Waals surface area contributed by atoms with Crippen molar-refractivity contribution < 1.29 is 0 Å². The first-order valence-electron chi connectivity index (χ1n) is 6.69. The Labute approximate surface area is 106 Å². The fourth-order valence-electron chi connectivity index (χ4n) is 1.92. The largest absolute Gasteiger partial charge is 0.316 e. The monoisotopic (exact) mass is 237 g/mol. The summed E-state index contributed by atoms with van der Waals surface area (Å²) < 4.78 is 2.03. The minimum atomic E-state index is 0.269. The van der Waals surface area contributed by atoms with Gasteiger partial charge < -0.3 is 5.32 Å². The average molecular weight is 237 g/mol. The van der Waals surface area contributed by atoms with E-state index in [0.717, 1.165) is 19.5 Å². The van der Waals surface area contributed by atoms with Crippen LogP contribution in [0.3, 0.4) is 0 Å². The van der Waals surface area contributed by atoms with Crippen molar-refractivity contribution in [2.75, 3.05) is 13.1 Å². The van der Waals surface area contributed by atoms with Gasteiger partial charge in [0.1, 0.15) is 0 Å². The summed E-state index contributed by atoms with van der Waals surface area (Å²) in [4.78, 5) is 0. The molecule has 3 heteroatoms. The van der Waals surface area contributed by atoms with Crippen molar-refractivity contribution in [1.29, 1.82) is 0 Å². The third-order valence-corrected chi connectivity index (χ3v) is 2.88. The van der Waals surface area contributed by atoms with Gasteiger partial charge in [-0.05, 0) is 44.7 Å². The van der Waals surface area contributed by atoms with Crippen molar-refractivity contribution in [3.63, 3.8) is 0 Å². The van der Waals surface area contributed by atoms with Gasteiger partial charge in [-0.1, -0.05) is 20.8 Å². The molecule has 0 atom stereocenters. The van der Waals surface area contributed by atoms with Gasteiger partial charge in [-0.3, -0.25) is 4.68 Å². The van der Waals surface area contributed by atoms with Crippen LogP contribution < -0.4 is 5.32 Å². The van der Waals surface area contributed by atoms with Crippen LogP contribution in [0.2, 0.25) is 0 Å². The Bertz CT molecular complexity index is 326. The summed E-state index contributed by atoms with van der Waals surface area (Å²) in [6, 6.07) is 2.59. The Morgan fingerprint density at radius 1 is 1.41 bits per heavy atom. The van der Waals surface area contributed by atoms with Gasteiger partial charge in [-0.25, -0.2) is 0 Å². The number of nitrogens with one attached hydrogen (secondary N) is 1. The van der Waals surface area contributed by atoms with Gasteiger partial charge in [-0.2, -0.15) is 5.10 Å². The van der Waals surface area contributed by atoms with Crippen LogP contribution in [0.4, 0.5) is 0 Å². The van der Waals surface area contributed by atoms with E-state index in [0.29, 0.717) is 6.04 Å². The first-order valence-corrected chi connectivity index (χ1v) is 6.69. The molecule has 17 heavy (non-hydrogen) atoms. The maximum atomic E-state index is 4.61. The van der Waals surface area contributed by atoms with Crippen LogP contribution in [0.5, 0.6) is 0 Å². The molecule has 0 amide bonds. The molecule has 0 aromatic carbocycles. The molecule has 0 fully saturated rings. The van der Waals surface area contributed by atoms with Gasteiger partial charge in [-0.15, -0.1) is 0 Å². The van der Waals surface area contributed by atoms with Crippen LogP contribution >= 0.6 is 0 Å². The van der Waals surface area contributed by atoms with Crippen LogP contribution in [0.1, 0.15) is 52.8 Å². The van der Waals surface area contributed by atoms with E-state index in [1.807, 2.05) is 4.68 Å². The second-order valence-corrected chi connectivity index (χ2v) is 5.90. The van der Waals surface area contributed by atoms with E-state index in [9.17, 15) is 0 Å². The highest BCUT2D eigenvalue weighted by atomic mass is 15.3. The van der Waals surface area contributed by atoms with Crippen molar-refractivity contribution >= 4 is 0 Å². The van der Waals surface area contributed by atoms with Crippen molar-refractivity contribution in [3.8, 4) is 0 Å². The Kier molecular flexibility index (Phi) is 5.19. The number of hydrogen-bond donors (Lipinski definition) is 1. The fourth-order valence-corrected chi connectivity index (χ4v) is 1.92. The zero-order valence-electron chi connectivity index (χ0n) is 12.0. The van der Waals surface area contributed by atoms with Crippen molar-refractivity contribution in [3.05, 3.63) is 18.0 Å². The lowest BCUT2D eigenvalue weighted by Gasteiger charge is -2.24. The fraction of sp³-hybridized carbons (Fsp3) is 0.786. The lowest BCUT2D eigenvalue weighted by atomic mass is 9.88. The van der Waals surface area contributed by atoms with Gasteiger partial charge in [0.25, 0.3) is 0 Å². The molecular weight excluding hydrogens is 210 g/mol. The number of hydrogen-bond acceptors (Lipinski definition) is 2. The molecule has 0 unspecified atom stereocenters. The average Bonchev–Trinajstić information content (AvgIpc) is 2.65. The van der Waals surface area contributed by atoms with E-state index in [1.54, 1.807) is 0 Å². The van der Waals surface area contributed by atoms with Gasteiger partial charge in [0.15, 0.2) is 0 Å². The van der Waals surface area contributed by atoms with E-state index >= 15 is 0 Å². The molecule has 1 heterocycles. The highest BCUT2D eigenvalue weighted by molar-refractivity contribution is 5.03. The number of aromatic nitrogens is 2. The van der Waals surface area contributed by atoms with Crippen LogP contribution in [0, 0.1) is 5.41 Å². The zero-order valence-corrected chi connectivity index (χ0v) is 12.0. The third kappa shape index (κ3) is 4.90. The Morgan fingerprint density at radius 3 is 2.65 bits per heavy atom. The molecule has 1 aromatic rings. The molecule has 1 rings (SSSR count). The van der Waals surface area contributed by atoms with Gasteiger partial charge in [0.2, 0.25) is 0 Å². The summed E-state index contributed by atoms with van der Waals surface area (Å²) in [6.45, 7) is 13.3. The van der Waals surface area contributed by atoms with Gasteiger partial charge >= 0.3 is 0 Å². The summed E-state index contributed by atoms with van der Waals surface area (Å²) >= 11 is 0. The van der Waals surface area contributed by atoms with Crippen LogP contribution in [-0.2, 0) is 6.42 Å². The molecule has 0 aliphatic carbocycles. The second kappa shape index (κ2) is 6.20. The van der Waals surface area contributed by atoms with Gasteiger partial charge in [0, 0.05) is 18.8 Å². The lowest BCUT2D eigenvalue weighted by molar-refractivity contribution is 0.333. The quantitative estimate of drug-likeness (QED) is 0.739. The van der Waals surface area contributed by atoms with Crippen LogP contribution in [-0.4, -0.2) is 22.9 Å². The number of nitrogens with zero attached hydrogens (tertiary/aromatic N) is 2. The minimum absolute atomic E-state index is 0.269. The molecule has 0 spiro atoms. The highest BCUT2D eigenvalue weighted by Gasteiger charge is 2.19. The van der Waals surface area contributed by atoms with Crippen LogP contribution in [0.15, 0.2) is 12.3 Å². The molecule has 0 radical (unpaired) electrons.